The molecule has 0 aliphatic carbocycles. The number of halogens is 2. The topological polar surface area (TPSA) is 80.3 Å². The monoisotopic (exact) mass is 343 g/mol. The first-order valence-electron chi connectivity index (χ1n) is 5.61. The van der Waals surface area contributed by atoms with Gasteiger partial charge in [0.2, 0.25) is 10.0 Å². The largest absolute Gasteiger partial charge is 0.281 e. The van der Waals surface area contributed by atoms with Crippen LogP contribution in [-0.4, -0.2) is 34.7 Å². The molecule has 1 aromatic rings. The highest BCUT2D eigenvalue weighted by molar-refractivity contribution is 7.92. The van der Waals surface area contributed by atoms with Gasteiger partial charge in [0, 0.05) is 12.1 Å². The second kappa shape index (κ2) is 6.28. The van der Waals surface area contributed by atoms with Crippen LogP contribution in [-0.2, 0) is 19.9 Å². The fourth-order valence-electron chi connectivity index (χ4n) is 1.44. The Morgan fingerprint density at radius 1 is 1.30 bits per heavy atom. The third-order valence-corrected chi connectivity index (χ3v) is 5.57. The predicted octanol–water partition coefficient (Wildman–Crippen LogP) is 1.85. The molecule has 5 nitrogen and oxygen atoms in total. The van der Waals surface area contributed by atoms with Crippen LogP contribution in [0.15, 0.2) is 23.1 Å². The smallest absolute Gasteiger partial charge is 0.233 e. The molecule has 1 aromatic carbocycles. The van der Waals surface area contributed by atoms with Crippen LogP contribution in [0.4, 0.5) is 10.1 Å². The summed E-state index contributed by atoms with van der Waals surface area (Å²) in [6.45, 7) is 1.63. The highest BCUT2D eigenvalue weighted by Crippen LogP contribution is 2.21. The van der Waals surface area contributed by atoms with Crippen LogP contribution in [0.2, 0.25) is 0 Å². The molecule has 0 amide bonds. The van der Waals surface area contributed by atoms with Crippen LogP contribution in [0.3, 0.4) is 0 Å². The molecule has 1 atom stereocenters. The summed E-state index contributed by atoms with van der Waals surface area (Å²) >= 11 is 5.53. The predicted molar refractivity (Wildman–Crippen MR) is 76.8 cm³/mol. The van der Waals surface area contributed by atoms with E-state index in [2.05, 4.69) is 0 Å². The van der Waals surface area contributed by atoms with Gasteiger partial charge in [0.25, 0.3) is 0 Å². The zero-order valence-electron chi connectivity index (χ0n) is 10.9. The number of alkyl halides is 1. The van der Waals surface area contributed by atoms with E-state index < -0.39 is 31.4 Å². The number of benzene rings is 1. The summed E-state index contributed by atoms with van der Waals surface area (Å²) in [7, 11) is -7.35. The maximum Gasteiger partial charge on any atom is 0.233 e. The lowest BCUT2D eigenvalue weighted by Gasteiger charge is -2.12. The summed E-state index contributed by atoms with van der Waals surface area (Å²) in [6, 6.07) is 2.93. The first-order valence-corrected chi connectivity index (χ1v) is 9.69. The van der Waals surface area contributed by atoms with Crippen LogP contribution in [0, 0.1) is 11.7 Å². The molecule has 9 heteroatoms. The quantitative estimate of drug-likeness (QED) is 0.631. The average molecular weight is 344 g/mol. The van der Waals surface area contributed by atoms with E-state index in [1.807, 2.05) is 4.72 Å². The van der Waals surface area contributed by atoms with E-state index in [0.29, 0.717) is 0 Å². The zero-order chi connectivity index (χ0) is 15.6. The van der Waals surface area contributed by atoms with Crippen molar-refractivity contribution in [3.63, 3.8) is 0 Å². The number of nitrogens with one attached hydrogen (secondary N) is 1. The number of hydrogen-bond acceptors (Lipinski definition) is 4. The van der Waals surface area contributed by atoms with Crippen molar-refractivity contribution >= 4 is 37.1 Å². The van der Waals surface area contributed by atoms with Gasteiger partial charge >= 0.3 is 0 Å². The van der Waals surface area contributed by atoms with Gasteiger partial charge in [-0.3, -0.25) is 4.72 Å². The SMILES string of the molecule is CC(CCl)CS(=O)(=O)Nc1cc(S(C)(=O)=O)ccc1F. The molecule has 0 radical (unpaired) electrons. The molecule has 0 aliphatic rings. The number of hydrogen-bond donors (Lipinski definition) is 1. The van der Waals surface area contributed by atoms with Crippen molar-refractivity contribution in [2.24, 2.45) is 5.92 Å². The summed E-state index contributed by atoms with van der Waals surface area (Å²) in [4.78, 5) is -0.165. The van der Waals surface area contributed by atoms with E-state index in [1.165, 1.54) is 0 Å². The zero-order valence-corrected chi connectivity index (χ0v) is 13.3. The van der Waals surface area contributed by atoms with Crippen molar-refractivity contribution in [1.29, 1.82) is 0 Å². The van der Waals surface area contributed by atoms with E-state index in [4.69, 9.17) is 11.6 Å². The Labute approximate surface area is 123 Å². The number of sulfonamides is 1. The highest BCUT2D eigenvalue weighted by Gasteiger charge is 2.18. The van der Waals surface area contributed by atoms with E-state index in [-0.39, 0.29) is 22.4 Å². The standard InChI is InChI=1S/C11H15ClFNO4S2/c1-8(6-12)7-20(17,18)14-11-5-9(19(2,15)16)3-4-10(11)13/h3-5,8,14H,6-7H2,1-2H3. The Balaban J connectivity index is 3.09. The van der Waals surface area contributed by atoms with Gasteiger partial charge in [-0.05, 0) is 24.1 Å². The Morgan fingerprint density at radius 3 is 2.40 bits per heavy atom. The van der Waals surface area contributed by atoms with Crippen LogP contribution >= 0.6 is 11.6 Å². The van der Waals surface area contributed by atoms with Crippen molar-refractivity contribution < 1.29 is 21.2 Å². The van der Waals surface area contributed by atoms with Crippen LogP contribution < -0.4 is 4.72 Å². The molecule has 0 saturated heterocycles. The lowest BCUT2D eigenvalue weighted by molar-refractivity contribution is 0.585. The first-order chi connectivity index (χ1) is 9.05. The lowest BCUT2D eigenvalue weighted by Crippen LogP contribution is -2.22. The molecule has 114 valence electrons. The lowest BCUT2D eigenvalue weighted by atomic mass is 10.3. The first kappa shape index (κ1) is 17.2. The van der Waals surface area contributed by atoms with E-state index >= 15 is 0 Å². The third kappa shape index (κ3) is 4.92. The molecule has 0 heterocycles. The van der Waals surface area contributed by atoms with Crippen molar-refractivity contribution in [2.45, 2.75) is 11.8 Å². The molecule has 1 N–H and O–H groups in total. The second-order valence-corrected chi connectivity index (χ2v) is 8.65. The van der Waals surface area contributed by atoms with Crippen LogP contribution in [0.1, 0.15) is 6.92 Å². The summed E-state index contributed by atoms with van der Waals surface area (Å²) in [5.74, 6) is -1.29. The van der Waals surface area contributed by atoms with Gasteiger partial charge in [-0.15, -0.1) is 11.6 Å². The molecule has 0 aliphatic heterocycles. The van der Waals surface area contributed by atoms with Gasteiger partial charge in [0.1, 0.15) is 5.82 Å². The average Bonchev–Trinajstić information content (AvgIpc) is 2.29. The number of sulfone groups is 1. The van der Waals surface area contributed by atoms with Crippen LogP contribution in [0.5, 0.6) is 0 Å². The van der Waals surface area contributed by atoms with Gasteiger partial charge in [-0.25, -0.2) is 21.2 Å². The Kier molecular flexibility index (Phi) is 5.39. The fourth-order valence-corrected chi connectivity index (χ4v) is 3.77. The number of anilines is 1. The Morgan fingerprint density at radius 2 is 1.90 bits per heavy atom. The molecular weight excluding hydrogens is 329 g/mol. The van der Waals surface area contributed by atoms with Gasteiger partial charge in [-0.2, -0.15) is 0 Å². The molecular formula is C11H15ClFNO4S2. The van der Waals surface area contributed by atoms with Gasteiger partial charge < -0.3 is 0 Å². The van der Waals surface area contributed by atoms with E-state index in [0.717, 1.165) is 24.5 Å². The molecule has 1 unspecified atom stereocenters. The van der Waals surface area contributed by atoms with Crippen molar-refractivity contribution in [2.75, 3.05) is 22.6 Å². The minimum atomic E-state index is -3.80. The molecule has 1 rings (SSSR count). The summed E-state index contributed by atoms with van der Waals surface area (Å²) in [5.41, 5.74) is -0.394. The second-order valence-electron chi connectivity index (χ2n) is 4.56. The normalized spacial score (nSPS) is 14.0. The van der Waals surface area contributed by atoms with Crippen molar-refractivity contribution in [3.8, 4) is 0 Å². The van der Waals surface area contributed by atoms with Crippen molar-refractivity contribution in [1.82, 2.24) is 0 Å². The van der Waals surface area contributed by atoms with Gasteiger partial charge in [0.15, 0.2) is 9.84 Å². The molecule has 0 spiro atoms. The third-order valence-electron chi connectivity index (χ3n) is 2.40. The van der Waals surface area contributed by atoms with Gasteiger partial charge in [0.05, 0.1) is 16.3 Å². The van der Waals surface area contributed by atoms with Crippen LogP contribution in [0.25, 0.3) is 0 Å². The minimum Gasteiger partial charge on any atom is -0.281 e. The molecule has 0 aromatic heterocycles. The highest BCUT2D eigenvalue weighted by atomic mass is 35.5. The van der Waals surface area contributed by atoms with Crippen molar-refractivity contribution in [3.05, 3.63) is 24.0 Å². The van der Waals surface area contributed by atoms with E-state index in [1.54, 1.807) is 6.92 Å². The molecule has 20 heavy (non-hydrogen) atoms. The molecule has 0 fully saturated rings. The summed E-state index contributed by atoms with van der Waals surface area (Å²) < 4.78 is 61.9. The summed E-state index contributed by atoms with van der Waals surface area (Å²) in [6.07, 6.45) is 0.952. The Bertz CT molecular complexity index is 688. The maximum atomic E-state index is 13.6. The molecule has 0 bridgehead atoms. The van der Waals surface area contributed by atoms with Gasteiger partial charge in [-0.1, -0.05) is 6.92 Å². The minimum absolute atomic E-state index is 0.146. The number of rotatable bonds is 6. The molecule has 0 saturated carbocycles. The summed E-state index contributed by atoms with van der Waals surface area (Å²) in [5, 5.41) is 0. The maximum absolute atomic E-state index is 13.6. The fraction of sp³-hybridized carbons (Fsp3) is 0.455. The van der Waals surface area contributed by atoms with E-state index in [9.17, 15) is 21.2 Å². The Hall–Kier alpha value is -0.860.